The SMILES string of the molecule is CCN(CC)Cc1cccnc1C(N)=S. The summed E-state index contributed by atoms with van der Waals surface area (Å²) >= 11 is 4.97. The minimum Gasteiger partial charge on any atom is -0.388 e. The molecule has 0 radical (unpaired) electrons. The van der Waals surface area contributed by atoms with Gasteiger partial charge in [0.05, 0.1) is 0 Å². The Morgan fingerprint density at radius 1 is 1.47 bits per heavy atom. The van der Waals surface area contributed by atoms with Crippen LogP contribution in [0.25, 0.3) is 0 Å². The van der Waals surface area contributed by atoms with Crippen LogP contribution < -0.4 is 5.73 Å². The van der Waals surface area contributed by atoms with Crippen molar-refractivity contribution in [3.05, 3.63) is 29.6 Å². The lowest BCUT2D eigenvalue weighted by Gasteiger charge is -2.19. The average molecular weight is 223 g/mol. The van der Waals surface area contributed by atoms with E-state index in [1.54, 1.807) is 6.20 Å². The number of pyridine rings is 1. The van der Waals surface area contributed by atoms with Gasteiger partial charge in [0.2, 0.25) is 0 Å². The van der Waals surface area contributed by atoms with Gasteiger partial charge in [-0.25, -0.2) is 0 Å². The topological polar surface area (TPSA) is 42.2 Å². The third-order valence-electron chi connectivity index (χ3n) is 2.41. The van der Waals surface area contributed by atoms with Crippen molar-refractivity contribution >= 4 is 17.2 Å². The standard InChI is InChI=1S/C11H17N3S/c1-3-14(4-2)8-9-6-5-7-13-10(9)11(12)15/h5-7H,3-4,8H2,1-2H3,(H2,12,15). The number of hydrogen-bond acceptors (Lipinski definition) is 3. The fraction of sp³-hybridized carbons (Fsp3) is 0.455. The van der Waals surface area contributed by atoms with Gasteiger partial charge in [-0.15, -0.1) is 0 Å². The fourth-order valence-electron chi connectivity index (χ4n) is 1.48. The second-order valence-electron chi connectivity index (χ2n) is 3.34. The van der Waals surface area contributed by atoms with Crippen LogP contribution in [0.5, 0.6) is 0 Å². The van der Waals surface area contributed by atoms with E-state index < -0.39 is 0 Å². The summed E-state index contributed by atoms with van der Waals surface area (Å²) in [6.07, 6.45) is 1.72. The number of nitrogens with zero attached hydrogens (tertiary/aromatic N) is 2. The maximum absolute atomic E-state index is 5.62. The summed E-state index contributed by atoms with van der Waals surface area (Å²) in [5.74, 6) is 0. The highest BCUT2D eigenvalue weighted by Crippen LogP contribution is 2.08. The Bertz CT molecular complexity index is 334. The summed E-state index contributed by atoms with van der Waals surface area (Å²) in [6.45, 7) is 7.17. The van der Waals surface area contributed by atoms with Crippen molar-refractivity contribution in [2.45, 2.75) is 20.4 Å². The van der Waals surface area contributed by atoms with Crippen molar-refractivity contribution in [1.29, 1.82) is 0 Å². The predicted octanol–water partition coefficient (Wildman–Crippen LogP) is 1.56. The highest BCUT2D eigenvalue weighted by atomic mass is 32.1. The van der Waals surface area contributed by atoms with Crippen LogP contribution >= 0.6 is 12.2 Å². The summed E-state index contributed by atoms with van der Waals surface area (Å²) in [5.41, 5.74) is 7.48. The van der Waals surface area contributed by atoms with Crippen LogP contribution in [0.1, 0.15) is 25.1 Å². The van der Waals surface area contributed by atoms with E-state index in [-0.39, 0.29) is 0 Å². The van der Waals surface area contributed by atoms with E-state index in [1.165, 1.54) is 0 Å². The van der Waals surface area contributed by atoms with Gasteiger partial charge in [-0.3, -0.25) is 9.88 Å². The number of thiocarbonyl (C=S) groups is 1. The predicted molar refractivity (Wildman–Crippen MR) is 66.7 cm³/mol. The lowest BCUT2D eigenvalue weighted by Crippen LogP contribution is -2.24. The van der Waals surface area contributed by atoms with Gasteiger partial charge >= 0.3 is 0 Å². The molecular formula is C11H17N3S. The largest absolute Gasteiger partial charge is 0.388 e. The Morgan fingerprint density at radius 2 is 2.13 bits per heavy atom. The molecule has 0 aliphatic carbocycles. The Hall–Kier alpha value is -1.00. The summed E-state index contributed by atoms with van der Waals surface area (Å²) in [7, 11) is 0. The highest BCUT2D eigenvalue weighted by Gasteiger charge is 2.08. The molecule has 1 aromatic rings. The van der Waals surface area contributed by atoms with E-state index in [1.807, 2.05) is 12.1 Å². The first-order chi connectivity index (χ1) is 7.19. The van der Waals surface area contributed by atoms with Gasteiger partial charge in [-0.05, 0) is 24.7 Å². The Morgan fingerprint density at radius 3 is 2.67 bits per heavy atom. The molecule has 15 heavy (non-hydrogen) atoms. The summed E-state index contributed by atoms with van der Waals surface area (Å²) in [5, 5.41) is 0. The average Bonchev–Trinajstić information content (AvgIpc) is 2.26. The van der Waals surface area contributed by atoms with E-state index in [9.17, 15) is 0 Å². The van der Waals surface area contributed by atoms with Crippen molar-refractivity contribution in [1.82, 2.24) is 9.88 Å². The first kappa shape index (κ1) is 12.1. The van der Waals surface area contributed by atoms with Crippen molar-refractivity contribution in [3.63, 3.8) is 0 Å². The molecule has 2 N–H and O–H groups in total. The van der Waals surface area contributed by atoms with Gasteiger partial charge in [-0.2, -0.15) is 0 Å². The molecule has 82 valence electrons. The number of nitrogens with two attached hydrogens (primary N) is 1. The van der Waals surface area contributed by atoms with Gasteiger partial charge in [0.1, 0.15) is 10.7 Å². The second-order valence-corrected chi connectivity index (χ2v) is 3.78. The molecule has 0 amide bonds. The number of hydrogen-bond donors (Lipinski definition) is 1. The van der Waals surface area contributed by atoms with Gasteiger partial charge in [-0.1, -0.05) is 32.1 Å². The normalized spacial score (nSPS) is 10.6. The molecule has 0 aliphatic rings. The molecule has 1 heterocycles. The Kier molecular flexibility index (Phi) is 4.65. The monoisotopic (exact) mass is 223 g/mol. The van der Waals surface area contributed by atoms with Crippen LogP contribution in [-0.2, 0) is 6.54 Å². The first-order valence-electron chi connectivity index (χ1n) is 5.15. The van der Waals surface area contributed by atoms with Gasteiger partial charge < -0.3 is 5.73 Å². The molecule has 1 rings (SSSR count). The molecule has 0 saturated heterocycles. The zero-order valence-corrected chi connectivity index (χ0v) is 10.0. The third-order valence-corrected chi connectivity index (χ3v) is 2.61. The van der Waals surface area contributed by atoms with E-state index in [2.05, 4.69) is 23.7 Å². The zero-order valence-electron chi connectivity index (χ0n) is 9.23. The molecule has 4 heteroatoms. The highest BCUT2D eigenvalue weighted by molar-refractivity contribution is 7.80. The second kappa shape index (κ2) is 5.78. The minimum atomic E-state index is 0.373. The van der Waals surface area contributed by atoms with Crippen molar-refractivity contribution in [2.75, 3.05) is 13.1 Å². The van der Waals surface area contributed by atoms with Crippen LogP contribution in [0.3, 0.4) is 0 Å². The summed E-state index contributed by atoms with van der Waals surface area (Å²) in [4.78, 5) is 6.88. The van der Waals surface area contributed by atoms with Crippen LogP contribution in [0.2, 0.25) is 0 Å². The molecular weight excluding hydrogens is 206 g/mol. The fourth-order valence-corrected chi connectivity index (χ4v) is 1.66. The molecule has 0 atom stereocenters. The van der Waals surface area contributed by atoms with Crippen molar-refractivity contribution < 1.29 is 0 Å². The molecule has 0 spiro atoms. The quantitative estimate of drug-likeness (QED) is 0.769. The van der Waals surface area contributed by atoms with Gasteiger partial charge in [0, 0.05) is 12.7 Å². The smallest absolute Gasteiger partial charge is 0.123 e. The molecule has 0 aromatic carbocycles. The maximum Gasteiger partial charge on any atom is 0.123 e. The number of aromatic nitrogens is 1. The summed E-state index contributed by atoms with van der Waals surface area (Å²) in [6, 6.07) is 3.94. The molecule has 0 saturated carbocycles. The van der Waals surface area contributed by atoms with E-state index in [0.29, 0.717) is 4.99 Å². The minimum absolute atomic E-state index is 0.373. The third kappa shape index (κ3) is 3.25. The van der Waals surface area contributed by atoms with Crippen LogP contribution in [0.15, 0.2) is 18.3 Å². The zero-order chi connectivity index (χ0) is 11.3. The van der Waals surface area contributed by atoms with Crippen molar-refractivity contribution in [3.8, 4) is 0 Å². The molecule has 0 bridgehead atoms. The summed E-state index contributed by atoms with van der Waals surface area (Å²) < 4.78 is 0. The Balaban J connectivity index is 2.88. The van der Waals surface area contributed by atoms with E-state index >= 15 is 0 Å². The first-order valence-corrected chi connectivity index (χ1v) is 5.55. The molecule has 1 aromatic heterocycles. The van der Waals surface area contributed by atoms with E-state index in [4.69, 9.17) is 18.0 Å². The Labute approximate surface area is 96.3 Å². The van der Waals surface area contributed by atoms with E-state index in [0.717, 1.165) is 30.9 Å². The maximum atomic E-state index is 5.62. The van der Waals surface area contributed by atoms with Crippen LogP contribution in [0, 0.1) is 0 Å². The lowest BCUT2D eigenvalue weighted by molar-refractivity contribution is 0.295. The van der Waals surface area contributed by atoms with Gasteiger partial charge in [0.25, 0.3) is 0 Å². The lowest BCUT2D eigenvalue weighted by atomic mass is 10.2. The molecule has 0 aliphatic heterocycles. The number of rotatable bonds is 5. The molecule has 3 nitrogen and oxygen atoms in total. The van der Waals surface area contributed by atoms with Crippen LogP contribution in [0.4, 0.5) is 0 Å². The molecule has 0 fully saturated rings. The molecule has 0 unspecified atom stereocenters. The van der Waals surface area contributed by atoms with Crippen molar-refractivity contribution in [2.24, 2.45) is 5.73 Å². The van der Waals surface area contributed by atoms with Gasteiger partial charge in [0.15, 0.2) is 0 Å². The van der Waals surface area contributed by atoms with Crippen LogP contribution in [-0.4, -0.2) is 28.0 Å².